The van der Waals surface area contributed by atoms with Crippen molar-refractivity contribution in [2.45, 2.75) is 36.2 Å². The molecule has 0 N–H and O–H groups in total. The van der Waals surface area contributed by atoms with E-state index in [0.29, 0.717) is 26.4 Å². The number of sulfone groups is 1. The maximum atomic E-state index is 14.0. The van der Waals surface area contributed by atoms with E-state index in [-0.39, 0.29) is 9.79 Å². The van der Waals surface area contributed by atoms with Crippen LogP contribution in [0.2, 0.25) is 0 Å². The summed E-state index contributed by atoms with van der Waals surface area (Å²) in [7, 11) is -3.77. The van der Waals surface area contributed by atoms with E-state index in [2.05, 4.69) is 204 Å². The molecule has 12 aromatic rings. The van der Waals surface area contributed by atoms with Gasteiger partial charge in [-0.05, 0) is 141 Å². The summed E-state index contributed by atoms with van der Waals surface area (Å²) in [5, 5.41) is 4.69. The van der Waals surface area contributed by atoms with Crippen molar-refractivity contribution in [2.75, 3.05) is 0 Å². The van der Waals surface area contributed by atoms with Crippen LogP contribution in [0, 0.1) is 0 Å². The van der Waals surface area contributed by atoms with Crippen molar-refractivity contribution < 1.29 is 17.9 Å². The lowest BCUT2D eigenvalue weighted by Gasteiger charge is -2.11. The first-order valence-corrected chi connectivity index (χ1v) is 26.6. The standard InChI is InChI=1S/C68H52N2O4S/c1-3-47-13-17-49(18-14-47)43-73-45-51-21-39-67-63(41-51)61-9-5-7-11-65(61)69(67)57-31-23-53(24-32-57)55-27-35-59(36-28-55)75(71,72)60-37-29-56(30-38-60)54-25-33-58(34-26-54)70-66-12-8-6-10-62(66)64-42-52(22-40-68(64)70)46-74-44-50-19-15-48(4-2)16-20-50/h3-42H,1-2,43-46H2. The lowest BCUT2D eigenvalue weighted by Crippen LogP contribution is -2.01. The minimum Gasteiger partial charge on any atom is -0.372 e. The number of hydrogen-bond acceptors (Lipinski definition) is 4. The van der Waals surface area contributed by atoms with E-state index in [1.54, 1.807) is 24.3 Å². The number of ether oxygens (including phenoxy) is 2. The molecular formula is C68H52N2O4S. The zero-order chi connectivity index (χ0) is 50.9. The molecule has 12 rings (SSSR count). The van der Waals surface area contributed by atoms with Crippen LogP contribution in [0.1, 0.15) is 33.4 Å². The number of hydrogen-bond donors (Lipinski definition) is 0. The van der Waals surface area contributed by atoms with Crippen LogP contribution in [0.25, 0.3) is 89.4 Å². The Morgan fingerprint density at radius 2 is 0.667 bits per heavy atom. The molecule has 0 aliphatic heterocycles. The molecule has 2 aromatic heterocycles. The summed E-state index contributed by atoms with van der Waals surface area (Å²) in [5.74, 6) is 0. The van der Waals surface area contributed by atoms with Crippen molar-refractivity contribution in [2.24, 2.45) is 0 Å². The normalized spacial score (nSPS) is 11.7. The van der Waals surface area contributed by atoms with E-state index >= 15 is 0 Å². The van der Waals surface area contributed by atoms with Crippen molar-refractivity contribution in [3.8, 4) is 33.6 Å². The van der Waals surface area contributed by atoms with Crippen molar-refractivity contribution in [1.82, 2.24) is 9.13 Å². The Morgan fingerprint density at radius 1 is 0.347 bits per heavy atom. The molecule has 0 unspecified atom stereocenters. The molecule has 0 radical (unpaired) electrons. The third-order valence-electron chi connectivity index (χ3n) is 14.2. The van der Waals surface area contributed by atoms with Gasteiger partial charge in [0.25, 0.3) is 0 Å². The summed E-state index contributed by atoms with van der Waals surface area (Å²) in [5.41, 5.74) is 17.1. The smallest absolute Gasteiger partial charge is 0.206 e. The molecule has 0 amide bonds. The van der Waals surface area contributed by atoms with Gasteiger partial charge in [-0.2, -0.15) is 0 Å². The topological polar surface area (TPSA) is 62.5 Å². The highest BCUT2D eigenvalue weighted by Crippen LogP contribution is 2.36. The lowest BCUT2D eigenvalue weighted by molar-refractivity contribution is 0.107. The molecule has 75 heavy (non-hydrogen) atoms. The van der Waals surface area contributed by atoms with Crippen molar-refractivity contribution in [3.05, 3.63) is 277 Å². The highest BCUT2D eigenvalue weighted by Gasteiger charge is 2.19. The molecule has 0 spiro atoms. The average Bonchev–Trinajstić information content (AvgIpc) is 3.99. The van der Waals surface area contributed by atoms with Gasteiger partial charge in [0.1, 0.15) is 0 Å². The fraction of sp³-hybridized carbons (Fsp3) is 0.0588. The van der Waals surface area contributed by atoms with Crippen LogP contribution < -0.4 is 0 Å². The third-order valence-corrected chi connectivity index (χ3v) is 16.0. The van der Waals surface area contributed by atoms with Crippen LogP contribution in [0.4, 0.5) is 0 Å². The predicted octanol–water partition coefficient (Wildman–Crippen LogP) is 16.8. The summed E-state index contributed by atoms with van der Waals surface area (Å²) >= 11 is 0. The maximum Gasteiger partial charge on any atom is 0.206 e. The van der Waals surface area contributed by atoms with Crippen LogP contribution >= 0.6 is 0 Å². The molecule has 7 heteroatoms. The highest BCUT2D eigenvalue weighted by atomic mass is 32.2. The fourth-order valence-corrected chi connectivity index (χ4v) is 11.5. The highest BCUT2D eigenvalue weighted by molar-refractivity contribution is 7.91. The first kappa shape index (κ1) is 47.2. The summed E-state index contributed by atoms with van der Waals surface area (Å²) < 4.78 is 44.8. The van der Waals surface area contributed by atoms with Gasteiger partial charge in [0.15, 0.2) is 0 Å². The fourth-order valence-electron chi connectivity index (χ4n) is 10.2. The monoisotopic (exact) mass is 992 g/mol. The molecule has 0 saturated heterocycles. The van der Waals surface area contributed by atoms with Gasteiger partial charge in [0.2, 0.25) is 9.84 Å². The second-order valence-corrected chi connectivity index (χ2v) is 20.9. The van der Waals surface area contributed by atoms with E-state index in [1.807, 2.05) is 36.4 Å². The van der Waals surface area contributed by atoms with Gasteiger partial charge >= 0.3 is 0 Å². The van der Waals surface area contributed by atoms with E-state index in [9.17, 15) is 8.42 Å². The quantitative estimate of drug-likeness (QED) is 0.0968. The minimum atomic E-state index is -3.77. The largest absolute Gasteiger partial charge is 0.372 e. The Hall–Kier alpha value is -8.85. The molecule has 0 atom stereocenters. The minimum absolute atomic E-state index is 0.248. The predicted molar refractivity (Wildman–Crippen MR) is 308 cm³/mol. The van der Waals surface area contributed by atoms with Crippen molar-refractivity contribution in [1.29, 1.82) is 0 Å². The molecule has 0 fully saturated rings. The molecule has 6 nitrogen and oxygen atoms in total. The molecule has 0 bridgehead atoms. The summed E-state index contributed by atoms with van der Waals surface area (Å²) in [6.07, 6.45) is 3.68. The van der Waals surface area contributed by atoms with E-state index < -0.39 is 9.84 Å². The van der Waals surface area contributed by atoms with Gasteiger partial charge in [0.05, 0.1) is 58.3 Å². The van der Waals surface area contributed by atoms with Crippen LogP contribution in [-0.4, -0.2) is 17.6 Å². The Bertz CT molecular complexity index is 3900. The first-order chi connectivity index (χ1) is 36.8. The maximum absolute atomic E-state index is 14.0. The average molecular weight is 993 g/mol. The molecule has 364 valence electrons. The number of rotatable bonds is 16. The van der Waals surface area contributed by atoms with Gasteiger partial charge in [0, 0.05) is 32.9 Å². The number of para-hydroxylation sites is 2. The molecule has 10 aromatic carbocycles. The summed E-state index contributed by atoms with van der Waals surface area (Å²) in [6, 6.07) is 77.8. The Kier molecular flexibility index (Phi) is 12.7. The van der Waals surface area contributed by atoms with Gasteiger partial charge in [-0.15, -0.1) is 0 Å². The Morgan fingerprint density at radius 3 is 1.04 bits per heavy atom. The third kappa shape index (κ3) is 9.30. The van der Waals surface area contributed by atoms with Gasteiger partial charge in [-0.25, -0.2) is 8.42 Å². The van der Waals surface area contributed by atoms with Crippen LogP contribution in [0.15, 0.2) is 253 Å². The zero-order valence-electron chi connectivity index (χ0n) is 41.3. The van der Waals surface area contributed by atoms with Crippen LogP contribution in [-0.2, 0) is 45.7 Å². The van der Waals surface area contributed by atoms with Gasteiger partial charge in [-0.3, -0.25) is 0 Å². The zero-order valence-corrected chi connectivity index (χ0v) is 42.1. The van der Waals surface area contributed by atoms with Gasteiger partial charge < -0.3 is 18.6 Å². The second kappa shape index (κ2) is 20.2. The number of fused-ring (bicyclic) bond motifs is 6. The molecule has 0 aliphatic carbocycles. The lowest BCUT2D eigenvalue weighted by atomic mass is 10.1. The molecule has 0 saturated carbocycles. The van der Waals surface area contributed by atoms with Crippen LogP contribution in [0.5, 0.6) is 0 Å². The first-order valence-electron chi connectivity index (χ1n) is 25.1. The Labute approximate surface area is 437 Å². The van der Waals surface area contributed by atoms with Crippen molar-refractivity contribution >= 4 is 65.6 Å². The molecule has 2 heterocycles. The number of aromatic nitrogens is 2. The Balaban J connectivity index is 0.721. The summed E-state index contributed by atoms with van der Waals surface area (Å²) in [6.45, 7) is 9.77. The second-order valence-electron chi connectivity index (χ2n) is 18.9. The number of nitrogens with zero attached hydrogens (tertiary/aromatic N) is 2. The molecular weight excluding hydrogens is 941 g/mol. The van der Waals surface area contributed by atoms with Gasteiger partial charge in [-0.1, -0.05) is 171 Å². The SMILES string of the molecule is C=Cc1ccc(COCc2ccc3c(c2)c2ccccc2n3-c2ccc(-c3ccc(S(=O)(=O)c4ccc(-c5ccc(-n6c7ccccc7c7cc(COCc8ccc(C=C)cc8)ccc76)cc5)cc4)cc3)cc2)cc1. The molecule has 0 aliphatic rings. The van der Waals surface area contributed by atoms with Crippen LogP contribution in [0.3, 0.4) is 0 Å². The number of benzene rings is 10. The van der Waals surface area contributed by atoms with Crippen molar-refractivity contribution in [3.63, 3.8) is 0 Å². The van der Waals surface area contributed by atoms with E-state index in [0.717, 1.165) is 89.1 Å². The summed E-state index contributed by atoms with van der Waals surface area (Å²) in [4.78, 5) is 0.496. The van der Waals surface area contributed by atoms with E-state index in [1.165, 1.54) is 21.5 Å². The van der Waals surface area contributed by atoms with E-state index in [4.69, 9.17) is 9.47 Å².